The van der Waals surface area contributed by atoms with Crippen LogP contribution in [0.25, 0.3) is 0 Å². The highest BCUT2D eigenvalue weighted by Gasteiger charge is 2.38. The van der Waals surface area contributed by atoms with Gasteiger partial charge in [-0.1, -0.05) is 18.9 Å². The van der Waals surface area contributed by atoms with Crippen LogP contribution in [0.15, 0.2) is 35.7 Å². The number of aromatic nitrogens is 1. The third-order valence-electron chi connectivity index (χ3n) is 6.01. The number of carbonyl (C=O) groups is 3. The van der Waals surface area contributed by atoms with Crippen molar-refractivity contribution in [2.24, 2.45) is 5.73 Å². The number of nitrogens with two attached hydrogens (primary N) is 2. The van der Waals surface area contributed by atoms with Crippen LogP contribution in [0.5, 0.6) is 11.5 Å². The minimum atomic E-state index is -1.02. The van der Waals surface area contributed by atoms with E-state index < -0.39 is 17.9 Å². The van der Waals surface area contributed by atoms with Crippen LogP contribution in [-0.2, 0) is 4.79 Å². The Morgan fingerprint density at radius 1 is 1.14 bits per heavy atom. The number of hydrogen-bond donors (Lipinski definition) is 3. The zero-order valence-corrected chi connectivity index (χ0v) is 21.5. The maximum atomic E-state index is 14.1. The molecule has 5 N–H and O–H groups in total. The summed E-state index contributed by atoms with van der Waals surface area (Å²) in [4.78, 5) is 41.6. The number of hydrogen-bond acceptors (Lipinski definition) is 9. The molecule has 3 aromatic rings. The summed E-state index contributed by atoms with van der Waals surface area (Å²) in [5.74, 6) is -0.909. The third-order valence-corrected chi connectivity index (χ3v) is 7.79. The Morgan fingerprint density at radius 2 is 1.81 bits per heavy atom. The van der Waals surface area contributed by atoms with E-state index in [-0.39, 0.29) is 28.2 Å². The Hall–Kier alpha value is -3.64. The van der Waals surface area contributed by atoms with Crippen molar-refractivity contribution >= 4 is 52.0 Å². The van der Waals surface area contributed by atoms with E-state index in [2.05, 4.69) is 9.69 Å². The molecule has 4 rings (SSSR count). The molecule has 2 aromatic heterocycles. The van der Waals surface area contributed by atoms with Crippen molar-refractivity contribution in [2.75, 3.05) is 24.9 Å². The molecule has 0 saturated heterocycles. The van der Waals surface area contributed by atoms with Crippen molar-refractivity contribution < 1.29 is 23.9 Å². The lowest BCUT2D eigenvalue weighted by molar-refractivity contribution is -0.123. The molecule has 1 atom stereocenters. The summed E-state index contributed by atoms with van der Waals surface area (Å²) in [6.45, 7) is 0. The lowest BCUT2D eigenvalue weighted by Gasteiger charge is -2.31. The lowest BCUT2D eigenvalue weighted by Crippen LogP contribution is -2.46. The number of primary amides is 1. The van der Waals surface area contributed by atoms with Gasteiger partial charge in [-0.25, -0.2) is 0 Å². The molecule has 0 bridgehead atoms. The summed E-state index contributed by atoms with van der Waals surface area (Å²) in [5, 5.41) is 4.95. The number of thiophene rings is 1. The maximum absolute atomic E-state index is 14.1. The normalized spacial score (nSPS) is 14.3. The van der Waals surface area contributed by atoms with Gasteiger partial charge in [-0.3, -0.25) is 19.3 Å². The first-order valence-electron chi connectivity index (χ1n) is 11.3. The Bertz CT molecular complexity index is 1230. The van der Waals surface area contributed by atoms with Crippen molar-refractivity contribution in [2.45, 2.75) is 37.8 Å². The molecule has 0 spiro atoms. The fourth-order valence-electron chi connectivity index (χ4n) is 4.22. The number of carbonyl (C=O) groups excluding carboxylic acids is 3. The number of rotatable bonds is 9. The van der Waals surface area contributed by atoms with Crippen molar-refractivity contribution in [1.82, 2.24) is 9.69 Å². The number of amides is 3. The van der Waals surface area contributed by atoms with E-state index in [0.29, 0.717) is 22.1 Å². The molecule has 0 aliphatic heterocycles. The van der Waals surface area contributed by atoms with Crippen LogP contribution in [0, 0.1) is 0 Å². The predicted molar refractivity (Wildman–Crippen MR) is 139 cm³/mol. The fourth-order valence-corrected chi connectivity index (χ4v) is 5.78. The maximum Gasteiger partial charge on any atom is 0.273 e. The second kappa shape index (κ2) is 11.0. The summed E-state index contributed by atoms with van der Waals surface area (Å²) < 4.78 is 14.8. The molecule has 190 valence electrons. The first-order chi connectivity index (χ1) is 17.3. The Balaban J connectivity index is 1.87. The average Bonchev–Trinajstić information content (AvgIpc) is 3.64. The molecule has 1 aromatic carbocycles. The standard InChI is InChI=1S/C24H27N5O5S2/c1-33-15-10-14(11-16(12-15)34-2)29(24(32)21-18(25)19(22(26)30)28-36-21)20(17-8-5-9-35-17)23(31)27-13-6-3-4-7-13/h5,8-13,20H,3-4,6-7,25H2,1-2H3,(H2,26,30)(H,27,31)/t20-/m1/s1. The lowest BCUT2D eigenvalue weighted by atomic mass is 10.1. The Morgan fingerprint density at radius 3 is 2.33 bits per heavy atom. The monoisotopic (exact) mass is 529 g/mol. The van der Waals surface area contributed by atoms with E-state index in [1.165, 1.54) is 30.5 Å². The summed E-state index contributed by atoms with van der Waals surface area (Å²) in [6, 6.07) is 7.56. The smallest absolute Gasteiger partial charge is 0.273 e. The number of ether oxygens (including phenoxy) is 2. The molecule has 10 nitrogen and oxygen atoms in total. The zero-order valence-electron chi connectivity index (χ0n) is 19.9. The van der Waals surface area contributed by atoms with E-state index in [1.807, 2.05) is 11.4 Å². The SMILES string of the molecule is COc1cc(OC)cc(N(C(=O)c2snc(C(N)=O)c2N)[C@@H](C(=O)NC2CCCC2)c2cccs2)c1. The van der Waals surface area contributed by atoms with Gasteiger partial charge in [0.1, 0.15) is 16.4 Å². The number of anilines is 2. The summed E-state index contributed by atoms with van der Waals surface area (Å²) in [5.41, 5.74) is 11.5. The van der Waals surface area contributed by atoms with Gasteiger partial charge < -0.3 is 26.3 Å². The van der Waals surface area contributed by atoms with Gasteiger partial charge in [0.15, 0.2) is 11.7 Å². The molecular weight excluding hydrogens is 502 g/mol. The van der Waals surface area contributed by atoms with E-state index in [9.17, 15) is 14.4 Å². The molecule has 2 heterocycles. The molecule has 0 radical (unpaired) electrons. The van der Waals surface area contributed by atoms with Gasteiger partial charge in [-0.2, -0.15) is 4.37 Å². The molecule has 12 heteroatoms. The van der Waals surface area contributed by atoms with Gasteiger partial charge in [-0.05, 0) is 35.8 Å². The van der Waals surface area contributed by atoms with Crippen LogP contribution >= 0.6 is 22.9 Å². The van der Waals surface area contributed by atoms with Crippen LogP contribution in [0.2, 0.25) is 0 Å². The number of nitrogen functional groups attached to an aromatic ring is 1. The number of methoxy groups -OCH3 is 2. The largest absolute Gasteiger partial charge is 0.497 e. The highest BCUT2D eigenvalue weighted by molar-refractivity contribution is 7.10. The Labute approximate surface area is 216 Å². The van der Waals surface area contributed by atoms with E-state index >= 15 is 0 Å². The predicted octanol–water partition coefficient (Wildman–Crippen LogP) is 3.35. The first kappa shape index (κ1) is 25.5. The molecule has 1 saturated carbocycles. The first-order valence-corrected chi connectivity index (χ1v) is 12.9. The number of nitrogens with one attached hydrogen (secondary N) is 1. The van der Waals surface area contributed by atoms with Crippen LogP contribution < -0.4 is 31.2 Å². The highest BCUT2D eigenvalue weighted by atomic mass is 32.1. The van der Waals surface area contributed by atoms with Gasteiger partial charge in [0, 0.05) is 29.1 Å². The van der Waals surface area contributed by atoms with Crippen molar-refractivity contribution in [1.29, 1.82) is 0 Å². The van der Waals surface area contributed by atoms with E-state index in [1.54, 1.807) is 24.3 Å². The van der Waals surface area contributed by atoms with E-state index in [0.717, 1.165) is 37.2 Å². The number of benzene rings is 1. The van der Waals surface area contributed by atoms with Crippen molar-refractivity contribution in [3.05, 3.63) is 51.2 Å². The van der Waals surface area contributed by atoms with Crippen LogP contribution in [0.4, 0.5) is 11.4 Å². The van der Waals surface area contributed by atoms with Gasteiger partial charge in [-0.15, -0.1) is 11.3 Å². The minimum Gasteiger partial charge on any atom is -0.497 e. The van der Waals surface area contributed by atoms with E-state index in [4.69, 9.17) is 20.9 Å². The second-order valence-electron chi connectivity index (χ2n) is 8.29. The van der Waals surface area contributed by atoms with Gasteiger partial charge in [0.05, 0.1) is 25.6 Å². The van der Waals surface area contributed by atoms with Crippen LogP contribution in [-0.4, -0.2) is 42.4 Å². The van der Waals surface area contributed by atoms with Gasteiger partial charge in [0.2, 0.25) is 5.91 Å². The molecule has 0 unspecified atom stereocenters. The molecule has 36 heavy (non-hydrogen) atoms. The van der Waals surface area contributed by atoms with Crippen molar-refractivity contribution in [3.63, 3.8) is 0 Å². The zero-order chi connectivity index (χ0) is 25.8. The molecule has 1 aliphatic carbocycles. The van der Waals surface area contributed by atoms with Gasteiger partial charge in [0.25, 0.3) is 11.8 Å². The molecular formula is C24H27N5O5S2. The molecule has 1 fully saturated rings. The summed E-state index contributed by atoms with van der Waals surface area (Å²) in [7, 11) is 2.99. The van der Waals surface area contributed by atoms with Gasteiger partial charge >= 0.3 is 0 Å². The summed E-state index contributed by atoms with van der Waals surface area (Å²) in [6.07, 6.45) is 3.84. The molecule has 1 aliphatic rings. The quantitative estimate of drug-likeness (QED) is 0.385. The fraction of sp³-hybridized carbons (Fsp3) is 0.333. The van der Waals surface area contributed by atoms with Crippen LogP contribution in [0.1, 0.15) is 56.8 Å². The summed E-state index contributed by atoms with van der Waals surface area (Å²) >= 11 is 2.11. The Kier molecular flexibility index (Phi) is 7.75. The molecule has 3 amide bonds. The number of nitrogens with zero attached hydrogens (tertiary/aromatic N) is 2. The highest BCUT2D eigenvalue weighted by Crippen LogP contribution is 2.38. The van der Waals surface area contributed by atoms with Crippen LogP contribution in [0.3, 0.4) is 0 Å². The van der Waals surface area contributed by atoms with Crippen molar-refractivity contribution in [3.8, 4) is 11.5 Å². The second-order valence-corrected chi connectivity index (χ2v) is 10.0. The topological polar surface area (TPSA) is 150 Å². The third kappa shape index (κ3) is 5.14. The minimum absolute atomic E-state index is 0.000749. The average molecular weight is 530 g/mol.